The summed E-state index contributed by atoms with van der Waals surface area (Å²) in [6.45, 7) is 3.34. The van der Waals surface area contributed by atoms with Crippen molar-refractivity contribution in [2.24, 2.45) is 10.9 Å². The lowest BCUT2D eigenvalue weighted by Gasteiger charge is -2.05. The number of nitrogens with zero attached hydrogens (tertiary/aromatic N) is 2. The van der Waals surface area contributed by atoms with Crippen LogP contribution in [0.25, 0.3) is 5.70 Å². The molecule has 0 saturated heterocycles. The molecular formula is C18H14N4O4. The molecule has 0 amide bonds. The van der Waals surface area contributed by atoms with E-state index in [-0.39, 0.29) is 28.3 Å². The molecule has 1 aliphatic rings. The SMILES string of the molecule is CC(C)C(=O)/C(C#N)=C1/N=C(c2c(O)[nH]c(=O)[nH]c2=O)c2ccccc21. The fraction of sp³-hybridized carbons (Fsp3) is 0.167. The Labute approximate surface area is 147 Å². The molecule has 2 heterocycles. The van der Waals surface area contributed by atoms with E-state index in [0.717, 1.165) is 0 Å². The fourth-order valence-electron chi connectivity index (χ4n) is 2.72. The zero-order chi connectivity index (χ0) is 19.0. The van der Waals surface area contributed by atoms with Crippen LogP contribution >= 0.6 is 0 Å². The Morgan fingerprint density at radius 3 is 2.42 bits per heavy atom. The zero-order valence-electron chi connectivity index (χ0n) is 14.0. The summed E-state index contributed by atoms with van der Waals surface area (Å²) in [6.07, 6.45) is 0. The minimum atomic E-state index is -0.855. The summed E-state index contributed by atoms with van der Waals surface area (Å²) >= 11 is 0. The second kappa shape index (κ2) is 6.29. The molecule has 3 N–H and O–H groups in total. The number of carbonyl (C=O) groups excluding carboxylic acids is 1. The van der Waals surface area contributed by atoms with Gasteiger partial charge in [0.1, 0.15) is 17.2 Å². The van der Waals surface area contributed by atoms with Gasteiger partial charge < -0.3 is 5.11 Å². The summed E-state index contributed by atoms with van der Waals surface area (Å²) in [5.41, 5.74) is -0.847. The van der Waals surface area contributed by atoms with Crippen molar-refractivity contribution in [3.05, 3.63) is 67.4 Å². The van der Waals surface area contributed by atoms with E-state index in [4.69, 9.17) is 0 Å². The second-order valence-corrected chi connectivity index (χ2v) is 5.99. The number of hydrogen-bond donors (Lipinski definition) is 3. The normalized spacial score (nSPS) is 14.6. The second-order valence-electron chi connectivity index (χ2n) is 5.99. The number of aliphatic imine (C=N–C) groups is 1. The average Bonchev–Trinajstić information content (AvgIpc) is 2.94. The lowest BCUT2D eigenvalue weighted by molar-refractivity contribution is -0.117. The van der Waals surface area contributed by atoms with E-state index >= 15 is 0 Å². The predicted molar refractivity (Wildman–Crippen MR) is 93.8 cm³/mol. The Bertz CT molecular complexity index is 1140. The molecule has 1 aliphatic heterocycles. The van der Waals surface area contributed by atoms with Crippen molar-refractivity contribution in [1.29, 1.82) is 5.26 Å². The molecule has 0 spiro atoms. The molecule has 2 aromatic rings. The highest BCUT2D eigenvalue weighted by Crippen LogP contribution is 2.34. The Kier molecular flexibility index (Phi) is 4.14. The Morgan fingerprint density at radius 2 is 1.85 bits per heavy atom. The van der Waals surface area contributed by atoms with Crippen LogP contribution in [-0.4, -0.2) is 26.6 Å². The van der Waals surface area contributed by atoms with E-state index < -0.39 is 23.0 Å². The smallest absolute Gasteiger partial charge is 0.328 e. The van der Waals surface area contributed by atoms with Gasteiger partial charge in [0.25, 0.3) is 5.56 Å². The van der Waals surface area contributed by atoms with E-state index in [1.807, 2.05) is 11.1 Å². The third kappa shape index (κ3) is 2.65. The number of aromatic nitrogens is 2. The maximum absolute atomic E-state index is 12.4. The van der Waals surface area contributed by atoms with Crippen LogP contribution in [0.5, 0.6) is 5.88 Å². The Balaban J connectivity index is 2.36. The zero-order valence-corrected chi connectivity index (χ0v) is 14.0. The highest BCUT2D eigenvalue weighted by Gasteiger charge is 2.30. The molecule has 1 aromatic heterocycles. The quantitative estimate of drug-likeness (QED) is 0.561. The summed E-state index contributed by atoms with van der Waals surface area (Å²) < 4.78 is 0. The number of carbonyl (C=O) groups is 1. The van der Waals surface area contributed by atoms with Gasteiger partial charge >= 0.3 is 5.69 Å². The third-order valence-corrected chi connectivity index (χ3v) is 3.94. The Morgan fingerprint density at radius 1 is 1.19 bits per heavy atom. The molecule has 0 radical (unpaired) electrons. The molecule has 0 bridgehead atoms. The van der Waals surface area contributed by atoms with Gasteiger partial charge in [0.05, 0.1) is 11.4 Å². The van der Waals surface area contributed by atoms with E-state index in [2.05, 4.69) is 9.98 Å². The number of nitriles is 1. The van der Waals surface area contributed by atoms with Crippen LogP contribution in [0, 0.1) is 17.2 Å². The molecule has 130 valence electrons. The maximum atomic E-state index is 12.4. The van der Waals surface area contributed by atoms with Gasteiger partial charge in [-0.15, -0.1) is 0 Å². The van der Waals surface area contributed by atoms with Gasteiger partial charge in [-0.1, -0.05) is 38.1 Å². The van der Waals surface area contributed by atoms with Gasteiger partial charge in [-0.05, 0) is 0 Å². The van der Waals surface area contributed by atoms with Gasteiger partial charge in [0.15, 0.2) is 5.78 Å². The number of aromatic amines is 2. The van der Waals surface area contributed by atoms with Crippen molar-refractivity contribution >= 4 is 17.2 Å². The van der Waals surface area contributed by atoms with E-state index in [9.17, 15) is 24.8 Å². The first kappa shape index (κ1) is 17.1. The number of rotatable bonds is 3. The summed E-state index contributed by atoms with van der Waals surface area (Å²) in [7, 11) is 0. The predicted octanol–water partition coefficient (Wildman–Crippen LogP) is 1.08. The summed E-state index contributed by atoms with van der Waals surface area (Å²) in [5.74, 6) is -1.42. The number of hydrogen-bond acceptors (Lipinski definition) is 6. The van der Waals surface area contributed by atoms with Crippen molar-refractivity contribution in [2.45, 2.75) is 13.8 Å². The molecule has 0 saturated carbocycles. The molecule has 0 unspecified atom stereocenters. The van der Waals surface area contributed by atoms with E-state index in [1.165, 1.54) is 0 Å². The highest BCUT2D eigenvalue weighted by atomic mass is 16.3. The molecule has 0 aliphatic carbocycles. The third-order valence-electron chi connectivity index (χ3n) is 3.94. The first-order valence-electron chi connectivity index (χ1n) is 7.78. The summed E-state index contributed by atoms with van der Waals surface area (Å²) in [5, 5.41) is 19.5. The molecule has 8 nitrogen and oxygen atoms in total. The molecule has 26 heavy (non-hydrogen) atoms. The van der Waals surface area contributed by atoms with E-state index in [1.54, 1.807) is 38.1 Å². The van der Waals surface area contributed by atoms with Crippen molar-refractivity contribution in [1.82, 2.24) is 9.97 Å². The van der Waals surface area contributed by atoms with Crippen LogP contribution < -0.4 is 11.2 Å². The van der Waals surface area contributed by atoms with E-state index in [0.29, 0.717) is 11.1 Å². The number of aromatic hydroxyl groups is 1. The van der Waals surface area contributed by atoms with Crippen LogP contribution in [0.3, 0.4) is 0 Å². The lowest BCUT2D eigenvalue weighted by atomic mass is 9.95. The Hall–Kier alpha value is -3.73. The van der Waals surface area contributed by atoms with Gasteiger partial charge in [-0.25, -0.2) is 9.79 Å². The summed E-state index contributed by atoms with van der Waals surface area (Å²) in [4.78, 5) is 44.3. The van der Waals surface area contributed by atoms with Crippen molar-refractivity contribution < 1.29 is 9.90 Å². The monoisotopic (exact) mass is 350 g/mol. The lowest BCUT2D eigenvalue weighted by Crippen LogP contribution is -2.27. The fourth-order valence-corrected chi connectivity index (χ4v) is 2.72. The first-order chi connectivity index (χ1) is 12.3. The van der Waals surface area contributed by atoms with Gasteiger partial charge in [-0.3, -0.25) is 19.6 Å². The number of benzene rings is 1. The number of fused-ring (bicyclic) bond motifs is 1. The number of nitrogens with one attached hydrogen (secondary N) is 2. The number of allylic oxidation sites excluding steroid dienone is 1. The molecule has 0 atom stereocenters. The van der Waals surface area contributed by atoms with Crippen LogP contribution in [0.15, 0.2) is 44.4 Å². The van der Waals surface area contributed by atoms with Crippen LogP contribution in [0.2, 0.25) is 0 Å². The minimum Gasteiger partial charge on any atom is -0.494 e. The number of Topliss-reactive ketones (excluding diaryl/α,β-unsaturated/α-hetero) is 1. The molecule has 1 aromatic carbocycles. The van der Waals surface area contributed by atoms with Crippen LogP contribution in [0.1, 0.15) is 30.5 Å². The van der Waals surface area contributed by atoms with Gasteiger partial charge in [0, 0.05) is 17.0 Å². The summed E-state index contributed by atoms with van der Waals surface area (Å²) in [6, 6.07) is 8.63. The average molecular weight is 350 g/mol. The van der Waals surface area contributed by atoms with Crippen molar-refractivity contribution in [2.75, 3.05) is 0 Å². The molecular weight excluding hydrogens is 336 g/mol. The van der Waals surface area contributed by atoms with Crippen LogP contribution in [0.4, 0.5) is 0 Å². The largest absolute Gasteiger partial charge is 0.494 e. The standard InChI is InChI=1S/C18H14N4O4/c1-8(2)15(23)11(7-19)13-9-5-3-4-6-10(9)14(20-13)12-16(24)21-18(26)22-17(12)25/h3-6,8H,1-2H3,(H3,21,22,24,25,26)/b13-11+. The van der Waals surface area contributed by atoms with Gasteiger partial charge in [-0.2, -0.15) is 5.26 Å². The number of ketones is 1. The van der Waals surface area contributed by atoms with Gasteiger partial charge in [0.2, 0.25) is 5.88 Å². The molecule has 8 heteroatoms. The first-order valence-corrected chi connectivity index (χ1v) is 7.78. The number of H-pyrrole nitrogens is 2. The van der Waals surface area contributed by atoms with Crippen molar-refractivity contribution in [3.8, 4) is 11.9 Å². The maximum Gasteiger partial charge on any atom is 0.328 e. The topological polar surface area (TPSA) is 139 Å². The minimum absolute atomic E-state index is 0.0786. The molecule has 0 fully saturated rings. The highest BCUT2D eigenvalue weighted by molar-refractivity contribution is 6.23. The molecule has 3 rings (SSSR count). The van der Waals surface area contributed by atoms with Crippen LogP contribution in [-0.2, 0) is 4.79 Å². The van der Waals surface area contributed by atoms with Crippen molar-refractivity contribution in [3.63, 3.8) is 0 Å².